The highest BCUT2D eigenvalue weighted by molar-refractivity contribution is 6.31. The van der Waals surface area contributed by atoms with E-state index < -0.39 is 0 Å². The summed E-state index contributed by atoms with van der Waals surface area (Å²) >= 11 is 6.19. The summed E-state index contributed by atoms with van der Waals surface area (Å²) in [5.41, 5.74) is 8.33. The van der Waals surface area contributed by atoms with Gasteiger partial charge in [0.1, 0.15) is 0 Å². The Morgan fingerprint density at radius 2 is 2.24 bits per heavy atom. The molecule has 5 nitrogen and oxygen atoms in total. The molecular weight excluding hydrogens is 238 g/mol. The fourth-order valence-electron chi connectivity index (χ4n) is 1.79. The molecule has 92 valence electrons. The van der Waals surface area contributed by atoms with Crippen LogP contribution in [-0.2, 0) is 20.0 Å². The fourth-order valence-corrected chi connectivity index (χ4v) is 2.01. The number of rotatable bonds is 4. The first-order valence-electron chi connectivity index (χ1n) is 5.50. The Morgan fingerprint density at radius 3 is 2.82 bits per heavy atom. The molecule has 0 aromatic carbocycles. The van der Waals surface area contributed by atoms with Gasteiger partial charge in [0.15, 0.2) is 0 Å². The van der Waals surface area contributed by atoms with Gasteiger partial charge in [-0.15, -0.1) is 0 Å². The molecule has 0 fully saturated rings. The minimum atomic E-state index is 0.614. The van der Waals surface area contributed by atoms with E-state index in [1.54, 1.807) is 11.0 Å². The van der Waals surface area contributed by atoms with Crippen molar-refractivity contribution in [3.05, 3.63) is 34.6 Å². The van der Waals surface area contributed by atoms with Crippen molar-refractivity contribution >= 4 is 11.6 Å². The number of hydrogen-bond acceptors (Lipinski definition) is 3. The SMILES string of the molecule is Cc1nn(C)c(Cn2cnc(CCN)c2)c1Cl. The molecule has 0 aliphatic carbocycles. The van der Waals surface area contributed by atoms with Gasteiger partial charge in [-0.1, -0.05) is 11.6 Å². The second-order valence-corrected chi connectivity index (χ2v) is 4.42. The van der Waals surface area contributed by atoms with E-state index in [9.17, 15) is 0 Å². The summed E-state index contributed by atoms with van der Waals surface area (Å²) in [7, 11) is 1.89. The van der Waals surface area contributed by atoms with Gasteiger partial charge in [-0.3, -0.25) is 4.68 Å². The van der Waals surface area contributed by atoms with Gasteiger partial charge in [0.05, 0.1) is 35.0 Å². The standard InChI is InChI=1S/C11H16ClN5/c1-8-11(12)10(16(2)15-8)6-17-5-9(3-4-13)14-7-17/h5,7H,3-4,6,13H2,1-2H3. The molecule has 2 rings (SSSR count). The summed E-state index contributed by atoms with van der Waals surface area (Å²) in [5.74, 6) is 0. The van der Waals surface area contributed by atoms with Crippen molar-refractivity contribution in [2.75, 3.05) is 6.54 Å². The van der Waals surface area contributed by atoms with Crippen molar-refractivity contribution in [1.82, 2.24) is 19.3 Å². The van der Waals surface area contributed by atoms with Crippen molar-refractivity contribution in [2.24, 2.45) is 12.8 Å². The molecule has 0 amide bonds. The predicted octanol–water partition coefficient (Wildman–Crippen LogP) is 1.13. The Hall–Kier alpha value is -1.33. The van der Waals surface area contributed by atoms with Crippen LogP contribution >= 0.6 is 11.6 Å². The van der Waals surface area contributed by atoms with Gasteiger partial charge >= 0.3 is 0 Å². The highest BCUT2D eigenvalue weighted by atomic mass is 35.5. The zero-order valence-corrected chi connectivity index (χ0v) is 10.8. The minimum absolute atomic E-state index is 0.614. The minimum Gasteiger partial charge on any atom is -0.331 e. The first-order valence-corrected chi connectivity index (χ1v) is 5.88. The van der Waals surface area contributed by atoms with Gasteiger partial charge in [0.2, 0.25) is 0 Å². The molecule has 2 N–H and O–H groups in total. The van der Waals surface area contributed by atoms with E-state index in [0.29, 0.717) is 13.1 Å². The second-order valence-electron chi connectivity index (χ2n) is 4.05. The Kier molecular flexibility index (Phi) is 3.49. The summed E-state index contributed by atoms with van der Waals surface area (Å²) in [4.78, 5) is 4.28. The lowest BCUT2D eigenvalue weighted by Gasteiger charge is -2.03. The lowest BCUT2D eigenvalue weighted by molar-refractivity contribution is 0.662. The van der Waals surface area contributed by atoms with E-state index in [1.807, 2.05) is 24.7 Å². The van der Waals surface area contributed by atoms with Crippen LogP contribution in [-0.4, -0.2) is 25.9 Å². The van der Waals surface area contributed by atoms with Gasteiger partial charge in [0, 0.05) is 19.7 Å². The van der Waals surface area contributed by atoms with Crippen LogP contribution in [0.25, 0.3) is 0 Å². The van der Waals surface area contributed by atoms with Crippen LogP contribution in [0, 0.1) is 6.92 Å². The number of nitrogens with zero attached hydrogens (tertiary/aromatic N) is 4. The molecule has 0 unspecified atom stereocenters. The van der Waals surface area contributed by atoms with Crippen molar-refractivity contribution in [3.8, 4) is 0 Å². The average molecular weight is 254 g/mol. The van der Waals surface area contributed by atoms with E-state index in [2.05, 4.69) is 10.1 Å². The molecule has 0 atom stereocenters. The normalized spacial score (nSPS) is 11.1. The summed E-state index contributed by atoms with van der Waals surface area (Å²) in [5, 5.41) is 5.00. The monoisotopic (exact) mass is 253 g/mol. The first kappa shape index (κ1) is 12.1. The van der Waals surface area contributed by atoms with Gasteiger partial charge in [-0.25, -0.2) is 4.98 Å². The molecule has 0 saturated carbocycles. The van der Waals surface area contributed by atoms with Crippen LogP contribution in [0.3, 0.4) is 0 Å². The third kappa shape index (κ3) is 2.50. The van der Waals surface area contributed by atoms with Crippen molar-refractivity contribution in [2.45, 2.75) is 19.9 Å². The molecule has 2 aromatic heterocycles. The first-order chi connectivity index (χ1) is 8.11. The molecule has 2 heterocycles. The van der Waals surface area contributed by atoms with E-state index in [0.717, 1.165) is 28.5 Å². The third-order valence-electron chi connectivity index (χ3n) is 2.68. The smallest absolute Gasteiger partial charge is 0.0953 e. The number of aryl methyl sites for hydroxylation is 2. The van der Waals surface area contributed by atoms with Crippen molar-refractivity contribution in [3.63, 3.8) is 0 Å². The number of imidazole rings is 1. The molecule has 0 saturated heterocycles. The molecule has 0 bridgehead atoms. The van der Waals surface area contributed by atoms with Gasteiger partial charge in [-0.05, 0) is 13.5 Å². The molecule has 17 heavy (non-hydrogen) atoms. The lowest BCUT2D eigenvalue weighted by Crippen LogP contribution is -2.05. The van der Waals surface area contributed by atoms with Gasteiger partial charge < -0.3 is 10.3 Å². The summed E-state index contributed by atoms with van der Waals surface area (Å²) in [6.45, 7) is 3.19. The van der Waals surface area contributed by atoms with E-state index >= 15 is 0 Å². The Labute approximate surface area is 105 Å². The Bertz CT molecular complexity index is 514. The van der Waals surface area contributed by atoms with Crippen LogP contribution in [0.4, 0.5) is 0 Å². The van der Waals surface area contributed by atoms with Gasteiger partial charge in [0.25, 0.3) is 0 Å². The zero-order chi connectivity index (χ0) is 12.4. The average Bonchev–Trinajstić information content (AvgIpc) is 2.81. The summed E-state index contributed by atoms with van der Waals surface area (Å²) in [6, 6.07) is 0. The molecule has 2 aromatic rings. The number of hydrogen-bond donors (Lipinski definition) is 1. The van der Waals surface area contributed by atoms with Crippen LogP contribution in [0.1, 0.15) is 17.1 Å². The second kappa shape index (κ2) is 4.89. The molecule has 0 aliphatic heterocycles. The highest BCUT2D eigenvalue weighted by Gasteiger charge is 2.11. The topological polar surface area (TPSA) is 61.7 Å². The van der Waals surface area contributed by atoms with Crippen LogP contribution in [0.2, 0.25) is 5.02 Å². The molecule has 6 heteroatoms. The van der Waals surface area contributed by atoms with E-state index in [-0.39, 0.29) is 0 Å². The van der Waals surface area contributed by atoms with Crippen LogP contribution in [0.15, 0.2) is 12.5 Å². The molecule has 0 spiro atoms. The zero-order valence-electron chi connectivity index (χ0n) is 10.0. The fraction of sp³-hybridized carbons (Fsp3) is 0.455. The maximum absolute atomic E-state index is 6.19. The molecule has 0 radical (unpaired) electrons. The molecular formula is C11H16ClN5. The lowest BCUT2D eigenvalue weighted by atomic mass is 10.3. The van der Waals surface area contributed by atoms with Crippen LogP contribution in [0.5, 0.6) is 0 Å². The number of aromatic nitrogens is 4. The molecule has 0 aliphatic rings. The summed E-state index contributed by atoms with van der Waals surface area (Å²) < 4.78 is 3.80. The number of nitrogens with two attached hydrogens (primary N) is 1. The number of halogens is 1. The van der Waals surface area contributed by atoms with Crippen LogP contribution < -0.4 is 5.73 Å². The van der Waals surface area contributed by atoms with Crippen molar-refractivity contribution in [1.29, 1.82) is 0 Å². The maximum atomic E-state index is 6.19. The quantitative estimate of drug-likeness (QED) is 0.889. The van der Waals surface area contributed by atoms with E-state index in [1.165, 1.54) is 0 Å². The Morgan fingerprint density at radius 1 is 1.47 bits per heavy atom. The predicted molar refractivity (Wildman–Crippen MR) is 67.0 cm³/mol. The third-order valence-corrected chi connectivity index (χ3v) is 3.17. The maximum Gasteiger partial charge on any atom is 0.0953 e. The largest absolute Gasteiger partial charge is 0.331 e. The summed E-state index contributed by atoms with van der Waals surface area (Å²) in [6.07, 6.45) is 4.58. The van der Waals surface area contributed by atoms with Crippen molar-refractivity contribution < 1.29 is 0 Å². The Balaban J connectivity index is 2.19. The van der Waals surface area contributed by atoms with Gasteiger partial charge in [-0.2, -0.15) is 5.10 Å². The van der Waals surface area contributed by atoms with E-state index in [4.69, 9.17) is 17.3 Å². The highest BCUT2D eigenvalue weighted by Crippen LogP contribution is 2.20.